The van der Waals surface area contributed by atoms with Crippen molar-refractivity contribution in [2.24, 2.45) is 0 Å². The second-order valence-electron chi connectivity index (χ2n) is 6.84. The van der Waals surface area contributed by atoms with E-state index < -0.39 is 24.3 Å². The minimum absolute atomic E-state index is 0.107. The fraction of sp³-hybridized carbons (Fsp3) is 0.130. The van der Waals surface area contributed by atoms with E-state index in [2.05, 4.69) is 4.98 Å². The van der Waals surface area contributed by atoms with E-state index in [1.54, 1.807) is 16.7 Å². The number of alkyl halides is 3. The monoisotopic (exact) mass is 410 g/mol. The van der Waals surface area contributed by atoms with Crippen molar-refractivity contribution in [3.8, 4) is 11.3 Å². The largest absolute Gasteiger partial charge is 0.456 e. The van der Waals surface area contributed by atoms with Gasteiger partial charge in [0.05, 0.1) is 5.56 Å². The first-order valence-corrected chi connectivity index (χ1v) is 9.21. The topological polar surface area (TPSA) is 43.6 Å². The van der Waals surface area contributed by atoms with E-state index in [9.17, 15) is 18.0 Å². The molecule has 0 aliphatic rings. The number of carbonyl (C=O) groups is 1. The number of hydrogen-bond donors (Lipinski definition) is 0. The van der Waals surface area contributed by atoms with Crippen LogP contribution in [-0.4, -0.2) is 15.4 Å². The van der Waals surface area contributed by atoms with Crippen LogP contribution in [0.3, 0.4) is 0 Å². The van der Waals surface area contributed by atoms with Crippen LogP contribution in [0.2, 0.25) is 0 Å². The highest BCUT2D eigenvalue weighted by molar-refractivity contribution is 5.96. The predicted molar refractivity (Wildman–Crippen MR) is 106 cm³/mol. The molecule has 0 amide bonds. The van der Waals surface area contributed by atoms with Gasteiger partial charge in [-0.2, -0.15) is 13.2 Å². The summed E-state index contributed by atoms with van der Waals surface area (Å²) in [4.78, 5) is 17.5. The minimum atomic E-state index is -4.53. The van der Waals surface area contributed by atoms with Gasteiger partial charge in [0.1, 0.15) is 17.9 Å². The molecule has 4 rings (SSSR count). The number of aryl methyl sites for hydroxylation is 1. The number of aromatic nitrogens is 2. The Kier molecular flexibility index (Phi) is 5.03. The summed E-state index contributed by atoms with van der Waals surface area (Å²) in [7, 11) is 0. The van der Waals surface area contributed by atoms with Gasteiger partial charge in [0.25, 0.3) is 0 Å². The van der Waals surface area contributed by atoms with E-state index in [-0.39, 0.29) is 11.3 Å². The number of carbonyl (C=O) groups excluding carboxylic acids is 1. The van der Waals surface area contributed by atoms with Gasteiger partial charge in [-0.1, -0.05) is 54.6 Å². The van der Waals surface area contributed by atoms with Gasteiger partial charge >= 0.3 is 12.1 Å². The highest BCUT2D eigenvalue weighted by Crippen LogP contribution is 2.32. The third kappa shape index (κ3) is 3.78. The van der Waals surface area contributed by atoms with E-state index in [0.717, 1.165) is 11.6 Å². The lowest BCUT2D eigenvalue weighted by Crippen LogP contribution is -2.13. The lowest BCUT2D eigenvalue weighted by molar-refractivity contribution is -0.138. The standard InChI is InChI=1S/C23H17F3N2O2/c1-15-11-12-19-27-20(16-7-3-2-4-8-16)21(28(19)13-15)22(29)30-14-17-9-5-6-10-18(17)23(24,25)26/h2-13H,14H2,1H3. The molecule has 4 nitrogen and oxygen atoms in total. The maximum absolute atomic E-state index is 13.2. The van der Waals surface area contributed by atoms with Crippen LogP contribution < -0.4 is 0 Å². The maximum Gasteiger partial charge on any atom is 0.416 e. The predicted octanol–water partition coefficient (Wildman–Crippen LogP) is 5.69. The zero-order valence-electron chi connectivity index (χ0n) is 16.0. The van der Waals surface area contributed by atoms with E-state index in [4.69, 9.17) is 4.74 Å². The Balaban J connectivity index is 1.73. The zero-order chi connectivity index (χ0) is 21.3. The number of esters is 1. The van der Waals surface area contributed by atoms with Crippen molar-refractivity contribution in [3.63, 3.8) is 0 Å². The molecule has 30 heavy (non-hydrogen) atoms. The molecule has 0 aliphatic carbocycles. The lowest BCUT2D eigenvalue weighted by Gasteiger charge is -2.13. The molecular formula is C23H17F3N2O2. The fourth-order valence-corrected chi connectivity index (χ4v) is 3.28. The molecule has 0 spiro atoms. The summed E-state index contributed by atoms with van der Waals surface area (Å²) in [6.45, 7) is 1.37. The van der Waals surface area contributed by atoms with Crippen molar-refractivity contribution >= 4 is 11.6 Å². The van der Waals surface area contributed by atoms with Crippen LogP contribution in [0.15, 0.2) is 72.9 Å². The molecule has 7 heteroatoms. The van der Waals surface area contributed by atoms with Gasteiger partial charge in [-0.15, -0.1) is 0 Å². The molecule has 0 saturated carbocycles. The highest BCUT2D eigenvalue weighted by Gasteiger charge is 2.33. The molecule has 0 unspecified atom stereocenters. The second kappa shape index (κ2) is 7.67. The molecule has 0 aliphatic heterocycles. The van der Waals surface area contributed by atoms with Gasteiger partial charge in [0.15, 0.2) is 5.69 Å². The van der Waals surface area contributed by atoms with Gasteiger partial charge in [0.2, 0.25) is 0 Å². The molecule has 2 aromatic carbocycles. The van der Waals surface area contributed by atoms with E-state index in [1.807, 2.05) is 43.3 Å². The summed E-state index contributed by atoms with van der Waals surface area (Å²) in [6, 6.07) is 17.8. The number of pyridine rings is 1. The summed E-state index contributed by atoms with van der Waals surface area (Å²) < 4.78 is 46.6. The van der Waals surface area contributed by atoms with Crippen LogP contribution in [0.25, 0.3) is 16.9 Å². The number of ether oxygens (including phenoxy) is 1. The number of halogens is 3. The summed E-state index contributed by atoms with van der Waals surface area (Å²) in [5.41, 5.74) is 1.80. The normalized spacial score (nSPS) is 11.6. The van der Waals surface area contributed by atoms with Crippen molar-refractivity contribution in [1.29, 1.82) is 0 Å². The average Bonchev–Trinajstić information content (AvgIpc) is 3.11. The van der Waals surface area contributed by atoms with Crippen LogP contribution >= 0.6 is 0 Å². The Labute approximate surface area is 170 Å². The van der Waals surface area contributed by atoms with Gasteiger partial charge in [-0.3, -0.25) is 4.40 Å². The Morgan fingerprint density at radius 3 is 2.43 bits per heavy atom. The van der Waals surface area contributed by atoms with Crippen LogP contribution in [-0.2, 0) is 17.5 Å². The Hall–Kier alpha value is -3.61. The average molecular weight is 410 g/mol. The number of hydrogen-bond acceptors (Lipinski definition) is 3. The number of benzene rings is 2. The molecule has 2 aromatic heterocycles. The van der Waals surface area contributed by atoms with Gasteiger partial charge in [-0.05, 0) is 24.6 Å². The minimum Gasteiger partial charge on any atom is -0.456 e. The highest BCUT2D eigenvalue weighted by atomic mass is 19.4. The fourth-order valence-electron chi connectivity index (χ4n) is 3.28. The third-order valence-corrected chi connectivity index (χ3v) is 4.69. The van der Waals surface area contributed by atoms with Crippen LogP contribution in [0.5, 0.6) is 0 Å². The van der Waals surface area contributed by atoms with Crippen molar-refractivity contribution in [1.82, 2.24) is 9.38 Å². The molecule has 2 heterocycles. The number of nitrogens with zero attached hydrogens (tertiary/aromatic N) is 2. The van der Waals surface area contributed by atoms with E-state index in [0.29, 0.717) is 16.9 Å². The first-order valence-electron chi connectivity index (χ1n) is 9.21. The van der Waals surface area contributed by atoms with Crippen LogP contribution in [0.4, 0.5) is 13.2 Å². The molecular weight excluding hydrogens is 393 g/mol. The third-order valence-electron chi connectivity index (χ3n) is 4.69. The number of imidazole rings is 1. The molecule has 0 saturated heterocycles. The van der Waals surface area contributed by atoms with Crippen LogP contribution in [0.1, 0.15) is 27.2 Å². The summed E-state index contributed by atoms with van der Waals surface area (Å²) >= 11 is 0. The second-order valence-corrected chi connectivity index (χ2v) is 6.84. The molecule has 0 fully saturated rings. The maximum atomic E-state index is 13.2. The van der Waals surface area contributed by atoms with Crippen molar-refractivity contribution in [2.45, 2.75) is 19.7 Å². The van der Waals surface area contributed by atoms with Crippen molar-refractivity contribution in [2.75, 3.05) is 0 Å². The quantitative estimate of drug-likeness (QED) is 0.406. The Morgan fingerprint density at radius 1 is 1.00 bits per heavy atom. The lowest BCUT2D eigenvalue weighted by atomic mass is 10.1. The summed E-state index contributed by atoms with van der Waals surface area (Å²) in [6.07, 6.45) is -2.78. The van der Waals surface area contributed by atoms with Gasteiger partial charge < -0.3 is 4.74 Å². The van der Waals surface area contributed by atoms with Crippen LogP contribution in [0, 0.1) is 6.92 Å². The SMILES string of the molecule is Cc1ccc2nc(-c3ccccc3)c(C(=O)OCc3ccccc3C(F)(F)F)n2c1. The number of rotatable bonds is 4. The molecule has 0 bridgehead atoms. The summed E-state index contributed by atoms with van der Waals surface area (Å²) in [5, 5.41) is 0. The first kappa shape index (κ1) is 19.7. The molecule has 0 radical (unpaired) electrons. The summed E-state index contributed by atoms with van der Waals surface area (Å²) in [5.74, 6) is -0.746. The van der Waals surface area contributed by atoms with Crippen molar-refractivity contribution < 1.29 is 22.7 Å². The first-order chi connectivity index (χ1) is 14.3. The zero-order valence-corrected chi connectivity index (χ0v) is 16.0. The number of fused-ring (bicyclic) bond motifs is 1. The van der Waals surface area contributed by atoms with Crippen molar-refractivity contribution in [3.05, 3.63) is 95.3 Å². The molecule has 0 atom stereocenters. The Morgan fingerprint density at radius 2 is 1.70 bits per heavy atom. The molecule has 4 aromatic rings. The van der Waals surface area contributed by atoms with E-state index >= 15 is 0 Å². The van der Waals surface area contributed by atoms with Gasteiger partial charge in [-0.25, -0.2) is 9.78 Å². The van der Waals surface area contributed by atoms with E-state index in [1.165, 1.54) is 18.2 Å². The molecule has 0 N–H and O–H groups in total. The Bertz CT molecular complexity index is 1210. The molecule has 152 valence electrons. The smallest absolute Gasteiger partial charge is 0.416 e. The van der Waals surface area contributed by atoms with Gasteiger partial charge in [0, 0.05) is 17.3 Å².